The van der Waals surface area contributed by atoms with Gasteiger partial charge in [-0.25, -0.2) is 0 Å². The molecule has 2 aromatic rings. The molecular formula is C15H21N3. The fourth-order valence-electron chi connectivity index (χ4n) is 2.07. The summed E-state index contributed by atoms with van der Waals surface area (Å²) in [6.07, 6.45) is 8.09. The molecule has 0 amide bonds. The van der Waals surface area contributed by atoms with Crippen LogP contribution < -0.4 is 5.32 Å². The lowest BCUT2D eigenvalue weighted by molar-refractivity contribution is 0.602. The van der Waals surface area contributed by atoms with Crippen molar-refractivity contribution in [2.45, 2.75) is 32.9 Å². The van der Waals surface area contributed by atoms with Gasteiger partial charge in [-0.1, -0.05) is 6.92 Å². The predicted molar refractivity (Wildman–Crippen MR) is 74.4 cm³/mol. The van der Waals surface area contributed by atoms with Gasteiger partial charge in [0.1, 0.15) is 0 Å². The van der Waals surface area contributed by atoms with Crippen LogP contribution in [0.15, 0.2) is 42.9 Å². The molecule has 0 atom stereocenters. The minimum atomic E-state index is 0.943. The lowest BCUT2D eigenvalue weighted by Crippen LogP contribution is -2.18. The molecule has 0 spiro atoms. The average molecular weight is 243 g/mol. The molecule has 3 nitrogen and oxygen atoms in total. The molecule has 0 unspecified atom stereocenters. The molecular weight excluding hydrogens is 222 g/mol. The minimum Gasteiger partial charge on any atom is -0.350 e. The Morgan fingerprint density at radius 3 is 2.83 bits per heavy atom. The van der Waals surface area contributed by atoms with E-state index in [-0.39, 0.29) is 0 Å². The SMILES string of the molecule is CCCn1cccc1CNCCc1ccncc1. The standard InChI is InChI=1S/C15H21N3/c1-2-11-18-12-3-4-15(18)13-17-10-7-14-5-8-16-9-6-14/h3-6,8-9,12,17H,2,7,10-11,13H2,1H3. The zero-order chi connectivity index (χ0) is 12.6. The summed E-state index contributed by atoms with van der Waals surface area (Å²) in [4.78, 5) is 4.02. The van der Waals surface area contributed by atoms with Crippen molar-refractivity contribution in [2.24, 2.45) is 0 Å². The van der Waals surface area contributed by atoms with Crippen LogP contribution >= 0.6 is 0 Å². The molecule has 96 valence electrons. The third kappa shape index (κ3) is 3.70. The quantitative estimate of drug-likeness (QED) is 0.758. The van der Waals surface area contributed by atoms with E-state index in [0.717, 1.165) is 26.1 Å². The van der Waals surface area contributed by atoms with Gasteiger partial charge in [-0.3, -0.25) is 4.98 Å². The van der Waals surface area contributed by atoms with Crippen molar-refractivity contribution in [1.29, 1.82) is 0 Å². The Bertz CT molecular complexity index is 448. The summed E-state index contributed by atoms with van der Waals surface area (Å²) in [7, 11) is 0. The van der Waals surface area contributed by atoms with Crippen LogP contribution in [0.5, 0.6) is 0 Å². The fourth-order valence-corrected chi connectivity index (χ4v) is 2.07. The topological polar surface area (TPSA) is 29.9 Å². The number of rotatable bonds is 7. The van der Waals surface area contributed by atoms with Crippen LogP contribution in [-0.4, -0.2) is 16.1 Å². The Labute approximate surface area is 109 Å². The van der Waals surface area contributed by atoms with Crippen molar-refractivity contribution >= 4 is 0 Å². The zero-order valence-corrected chi connectivity index (χ0v) is 11.0. The van der Waals surface area contributed by atoms with Gasteiger partial charge in [-0.15, -0.1) is 0 Å². The van der Waals surface area contributed by atoms with E-state index in [1.165, 1.54) is 17.7 Å². The maximum absolute atomic E-state index is 4.02. The monoisotopic (exact) mass is 243 g/mol. The Balaban J connectivity index is 1.73. The van der Waals surface area contributed by atoms with E-state index >= 15 is 0 Å². The van der Waals surface area contributed by atoms with Gasteiger partial charge in [-0.05, 0) is 49.2 Å². The summed E-state index contributed by atoms with van der Waals surface area (Å²) in [6.45, 7) is 5.26. The van der Waals surface area contributed by atoms with E-state index in [0.29, 0.717) is 0 Å². The highest BCUT2D eigenvalue weighted by molar-refractivity contribution is 5.10. The third-order valence-electron chi connectivity index (χ3n) is 3.03. The number of aromatic nitrogens is 2. The molecule has 0 saturated heterocycles. The van der Waals surface area contributed by atoms with E-state index in [1.807, 2.05) is 12.4 Å². The van der Waals surface area contributed by atoms with Crippen LogP contribution in [0.4, 0.5) is 0 Å². The summed E-state index contributed by atoms with van der Waals surface area (Å²) >= 11 is 0. The lowest BCUT2D eigenvalue weighted by Gasteiger charge is -2.09. The van der Waals surface area contributed by atoms with Crippen LogP contribution in [-0.2, 0) is 19.5 Å². The second kappa shape index (κ2) is 6.97. The number of nitrogens with zero attached hydrogens (tertiary/aromatic N) is 2. The van der Waals surface area contributed by atoms with Crippen molar-refractivity contribution in [1.82, 2.24) is 14.9 Å². The van der Waals surface area contributed by atoms with E-state index < -0.39 is 0 Å². The predicted octanol–water partition coefficient (Wildman–Crippen LogP) is 2.63. The van der Waals surface area contributed by atoms with Crippen LogP contribution in [0.3, 0.4) is 0 Å². The van der Waals surface area contributed by atoms with Gasteiger partial charge in [-0.2, -0.15) is 0 Å². The highest BCUT2D eigenvalue weighted by atomic mass is 15.0. The van der Waals surface area contributed by atoms with Crippen LogP contribution in [0.1, 0.15) is 24.6 Å². The fraction of sp³-hybridized carbons (Fsp3) is 0.400. The first-order valence-electron chi connectivity index (χ1n) is 6.64. The molecule has 0 aliphatic rings. The first kappa shape index (κ1) is 12.8. The number of aryl methyl sites for hydroxylation is 1. The molecule has 0 radical (unpaired) electrons. The summed E-state index contributed by atoms with van der Waals surface area (Å²) in [5, 5.41) is 3.49. The highest BCUT2D eigenvalue weighted by Crippen LogP contribution is 2.03. The van der Waals surface area contributed by atoms with Crippen LogP contribution in [0, 0.1) is 0 Å². The molecule has 0 saturated carbocycles. The molecule has 0 bridgehead atoms. The molecule has 2 aromatic heterocycles. The van der Waals surface area contributed by atoms with Crippen LogP contribution in [0.2, 0.25) is 0 Å². The highest BCUT2D eigenvalue weighted by Gasteiger charge is 1.99. The maximum atomic E-state index is 4.02. The zero-order valence-electron chi connectivity index (χ0n) is 11.0. The van der Waals surface area contributed by atoms with Crippen LogP contribution in [0.25, 0.3) is 0 Å². The average Bonchev–Trinajstić information content (AvgIpc) is 2.84. The largest absolute Gasteiger partial charge is 0.350 e. The molecule has 0 aliphatic heterocycles. The van der Waals surface area contributed by atoms with Crippen molar-refractivity contribution in [2.75, 3.05) is 6.54 Å². The number of pyridine rings is 1. The number of nitrogens with one attached hydrogen (secondary N) is 1. The first-order valence-corrected chi connectivity index (χ1v) is 6.64. The molecule has 0 fully saturated rings. The van der Waals surface area contributed by atoms with Crippen molar-refractivity contribution in [3.8, 4) is 0 Å². The summed E-state index contributed by atoms with van der Waals surface area (Å²) in [6, 6.07) is 8.45. The Kier molecular flexibility index (Phi) is 4.97. The van der Waals surface area contributed by atoms with Gasteiger partial charge in [0, 0.05) is 37.4 Å². The minimum absolute atomic E-state index is 0.943. The second-order valence-electron chi connectivity index (χ2n) is 4.48. The molecule has 2 heterocycles. The summed E-state index contributed by atoms with van der Waals surface area (Å²) in [5.41, 5.74) is 2.70. The lowest BCUT2D eigenvalue weighted by atomic mass is 10.2. The van der Waals surface area contributed by atoms with Crippen molar-refractivity contribution < 1.29 is 0 Å². The molecule has 0 aliphatic carbocycles. The van der Waals surface area contributed by atoms with Gasteiger partial charge in [0.15, 0.2) is 0 Å². The maximum Gasteiger partial charge on any atom is 0.0359 e. The molecule has 3 heteroatoms. The normalized spacial score (nSPS) is 10.7. The van der Waals surface area contributed by atoms with Gasteiger partial charge in [0.2, 0.25) is 0 Å². The van der Waals surface area contributed by atoms with E-state index in [1.54, 1.807) is 0 Å². The summed E-state index contributed by atoms with van der Waals surface area (Å²) in [5.74, 6) is 0. The molecule has 18 heavy (non-hydrogen) atoms. The van der Waals surface area contributed by atoms with E-state index in [4.69, 9.17) is 0 Å². The Morgan fingerprint density at radius 1 is 1.22 bits per heavy atom. The second-order valence-corrected chi connectivity index (χ2v) is 4.48. The molecule has 0 aromatic carbocycles. The van der Waals surface area contributed by atoms with Gasteiger partial charge >= 0.3 is 0 Å². The van der Waals surface area contributed by atoms with Gasteiger partial charge in [0.05, 0.1) is 0 Å². The van der Waals surface area contributed by atoms with Crippen molar-refractivity contribution in [3.63, 3.8) is 0 Å². The summed E-state index contributed by atoms with van der Waals surface area (Å²) < 4.78 is 2.32. The van der Waals surface area contributed by atoms with Gasteiger partial charge < -0.3 is 9.88 Å². The van der Waals surface area contributed by atoms with Crippen molar-refractivity contribution in [3.05, 3.63) is 54.1 Å². The van der Waals surface area contributed by atoms with Gasteiger partial charge in [0.25, 0.3) is 0 Å². The number of hydrogen-bond acceptors (Lipinski definition) is 2. The van der Waals surface area contributed by atoms with E-state index in [9.17, 15) is 0 Å². The third-order valence-corrected chi connectivity index (χ3v) is 3.03. The smallest absolute Gasteiger partial charge is 0.0359 e. The Morgan fingerprint density at radius 2 is 2.06 bits per heavy atom. The molecule has 2 rings (SSSR count). The molecule has 1 N–H and O–H groups in total. The first-order chi connectivity index (χ1) is 8.90. The number of hydrogen-bond donors (Lipinski definition) is 1. The van der Waals surface area contributed by atoms with E-state index in [2.05, 4.69) is 52.3 Å². The Hall–Kier alpha value is -1.61.